The lowest BCUT2D eigenvalue weighted by atomic mass is 9.95. The van der Waals surface area contributed by atoms with E-state index in [9.17, 15) is 4.79 Å². The van der Waals surface area contributed by atoms with Crippen molar-refractivity contribution in [3.63, 3.8) is 0 Å². The molecule has 17 heavy (non-hydrogen) atoms. The Balaban J connectivity index is 2.18. The Morgan fingerprint density at radius 3 is 2.76 bits per heavy atom. The molecule has 0 aliphatic carbocycles. The number of carboxylic acids is 1. The molecule has 1 aromatic heterocycles. The average Bonchev–Trinajstić information content (AvgIpc) is 2.32. The Hall–Kier alpha value is -1.58. The number of piperidine rings is 1. The molecule has 4 heteroatoms. The van der Waals surface area contributed by atoms with Crippen LogP contribution in [0.1, 0.15) is 37.0 Å². The summed E-state index contributed by atoms with van der Waals surface area (Å²) in [6.07, 6.45) is 3.86. The quantitative estimate of drug-likeness (QED) is 0.853. The SMILES string of the molecule is CC1CCC(C)N(c2ccc(C(=O)O)cn2)C1. The van der Waals surface area contributed by atoms with Gasteiger partial charge in [0.2, 0.25) is 0 Å². The van der Waals surface area contributed by atoms with E-state index in [0.29, 0.717) is 12.0 Å². The fourth-order valence-electron chi connectivity index (χ4n) is 2.29. The van der Waals surface area contributed by atoms with Gasteiger partial charge >= 0.3 is 5.97 Å². The lowest BCUT2D eigenvalue weighted by Crippen LogP contribution is -2.41. The van der Waals surface area contributed by atoms with Gasteiger partial charge in [0.05, 0.1) is 5.56 Å². The number of aromatic nitrogens is 1. The standard InChI is InChI=1S/C13H18N2O2/c1-9-3-4-10(2)15(8-9)12-6-5-11(7-14-12)13(16)17/h5-7,9-10H,3-4,8H2,1-2H3,(H,16,17). The highest BCUT2D eigenvalue weighted by Gasteiger charge is 2.23. The van der Waals surface area contributed by atoms with Crippen LogP contribution in [0, 0.1) is 5.92 Å². The first-order chi connectivity index (χ1) is 8.08. The highest BCUT2D eigenvalue weighted by atomic mass is 16.4. The molecule has 1 aromatic rings. The fraction of sp³-hybridized carbons (Fsp3) is 0.538. The third-order valence-corrected chi connectivity index (χ3v) is 3.41. The van der Waals surface area contributed by atoms with Crippen LogP contribution in [-0.2, 0) is 0 Å². The summed E-state index contributed by atoms with van der Waals surface area (Å²) in [5.41, 5.74) is 0.242. The van der Waals surface area contributed by atoms with Crippen molar-refractivity contribution in [1.82, 2.24) is 4.98 Å². The molecule has 2 rings (SSSR count). The summed E-state index contributed by atoms with van der Waals surface area (Å²) < 4.78 is 0. The third-order valence-electron chi connectivity index (χ3n) is 3.41. The van der Waals surface area contributed by atoms with Crippen molar-refractivity contribution in [2.75, 3.05) is 11.4 Å². The molecule has 1 N–H and O–H groups in total. The van der Waals surface area contributed by atoms with Crippen molar-refractivity contribution in [3.05, 3.63) is 23.9 Å². The second-order valence-electron chi connectivity index (χ2n) is 4.89. The first-order valence-corrected chi connectivity index (χ1v) is 6.04. The smallest absolute Gasteiger partial charge is 0.337 e. The zero-order valence-electron chi connectivity index (χ0n) is 10.3. The van der Waals surface area contributed by atoms with Gasteiger partial charge in [0.1, 0.15) is 5.82 Å². The van der Waals surface area contributed by atoms with E-state index in [1.165, 1.54) is 19.0 Å². The van der Waals surface area contributed by atoms with Gasteiger partial charge < -0.3 is 10.0 Å². The molecule has 0 spiro atoms. The predicted molar refractivity (Wildman–Crippen MR) is 66.4 cm³/mol. The molecule has 0 aromatic carbocycles. The van der Waals surface area contributed by atoms with Crippen LogP contribution in [-0.4, -0.2) is 28.6 Å². The highest BCUT2D eigenvalue weighted by Crippen LogP contribution is 2.25. The molecular formula is C13H18N2O2. The number of hydrogen-bond donors (Lipinski definition) is 1. The van der Waals surface area contributed by atoms with Crippen LogP contribution in [0.5, 0.6) is 0 Å². The van der Waals surface area contributed by atoms with E-state index >= 15 is 0 Å². The van der Waals surface area contributed by atoms with Gasteiger partial charge in [-0.2, -0.15) is 0 Å². The first kappa shape index (κ1) is 11.9. The summed E-state index contributed by atoms with van der Waals surface area (Å²) >= 11 is 0. The summed E-state index contributed by atoms with van der Waals surface area (Å²) in [7, 11) is 0. The molecule has 0 bridgehead atoms. The second kappa shape index (κ2) is 4.73. The molecule has 1 saturated heterocycles. The molecule has 2 heterocycles. The maximum atomic E-state index is 10.8. The Kier molecular flexibility index (Phi) is 3.31. The van der Waals surface area contributed by atoms with Crippen molar-refractivity contribution >= 4 is 11.8 Å². The van der Waals surface area contributed by atoms with Gasteiger partial charge in [-0.1, -0.05) is 6.92 Å². The van der Waals surface area contributed by atoms with Crippen molar-refractivity contribution < 1.29 is 9.90 Å². The molecule has 1 aliphatic rings. The Morgan fingerprint density at radius 1 is 1.41 bits per heavy atom. The van der Waals surface area contributed by atoms with Gasteiger partial charge in [0, 0.05) is 18.8 Å². The minimum absolute atomic E-state index is 0.242. The van der Waals surface area contributed by atoms with Crippen LogP contribution >= 0.6 is 0 Å². The molecule has 0 radical (unpaired) electrons. The maximum absolute atomic E-state index is 10.8. The van der Waals surface area contributed by atoms with E-state index in [1.54, 1.807) is 12.1 Å². The molecule has 1 fully saturated rings. The van der Waals surface area contributed by atoms with Crippen LogP contribution in [0.4, 0.5) is 5.82 Å². The fourth-order valence-corrected chi connectivity index (χ4v) is 2.29. The Labute approximate surface area is 101 Å². The lowest BCUT2D eigenvalue weighted by Gasteiger charge is -2.37. The zero-order valence-corrected chi connectivity index (χ0v) is 10.3. The van der Waals surface area contributed by atoms with Crippen LogP contribution < -0.4 is 4.90 Å². The van der Waals surface area contributed by atoms with Crippen LogP contribution in [0.25, 0.3) is 0 Å². The van der Waals surface area contributed by atoms with E-state index in [-0.39, 0.29) is 5.56 Å². The van der Waals surface area contributed by atoms with Crippen molar-refractivity contribution in [1.29, 1.82) is 0 Å². The summed E-state index contributed by atoms with van der Waals surface area (Å²) in [5, 5.41) is 8.83. The summed E-state index contributed by atoms with van der Waals surface area (Å²) in [6.45, 7) is 5.43. The average molecular weight is 234 g/mol. The molecule has 0 amide bonds. The topological polar surface area (TPSA) is 53.4 Å². The normalized spacial score (nSPS) is 24.7. The molecule has 0 saturated carbocycles. The highest BCUT2D eigenvalue weighted by molar-refractivity contribution is 5.87. The van der Waals surface area contributed by atoms with Gasteiger partial charge in [-0.3, -0.25) is 0 Å². The number of rotatable bonds is 2. The third kappa shape index (κ3) is 2.57. The molecule has 2 atom stereocenters. The van der Waals surface area contributed by atoms with Crippen LogP contribution in [0.2, 0.25) is 0 Å². The summed E-state index contributed by atoms with van der Waals surface area (Å²) in [4.78, 5) is 17.3. The molecule has 4 nitrogen and oxygen atoms in total. The van der Waals surface area contributed by atoms with Gasteiger partial charge in [0.25, 0.3) is 0 Å². The van der Waals surface area contributed by atoms with E-state index in [2.05, 4.69) is 23.7 Å². The minimum Gasteiger partial charge on any atom is -0.478 e. The Morgan fingerprint density at radius 2 is 2.18 bits per heavy atom. The maximum Gasteiger partial charge on any atom is 0.337 e. The number of carbonyl (C=O) groups is 1. The minimum atomic E-state index is -0.927. The zero-order chi connectivity index (χ0) is 12.4. The molecule has 1 aliphatic heterocycles. The monoisotopic (exact) mass is 234 g/mol. The van der Waals surface area contributed by atoms with Crippen molar-refractivity contribution in [2.45, 2.75) is 32.7 Å². The van der Waals surface area contributed by atoms with Gasteiger partial charge in [-0.15, -0.1) is 0 Å². The molecule has 2 unspecified atom stereocenters. The molecular weight excluding hydrogens is 216 g/mol. The summed E-state index contributed by atoms with van der Waals surface area (Å²) in [6, 6.07) is 3.91. The number of pyridine rings is 1. The number of nitrogens with zero attached hydrogens (tertiary/aromatic N) is 2. The number of carboxylic acid groups (broad SMARTS) is 1. The lowest BCUT2D eigenvalue weighted by molar-refractivity contribution is 0.0696. The van der Waals surface area contributed by atoms with Crippen molar-refractivity contribution in [2.24, 2.45) is 5.92 Å². The predicted octanol–water partition coefficient (Wildman–Crippen LogP) is 2.40. The first-order valence-electron chi connectivity index (χ1n) is 6.04. The van der Waals surface area contributed by atoms with Gasteiger partial charge in [-0.25, -0.2) is 9.78 Å². The number of anilines is 1. The number of aromatic carboxylic acids is 1. The van der Waals surface area contributed by atoms with Crippen LogP contribution in [0.15, 0.2) is 18.3 Å². The van der Waals surface area contributed by atoms with Gasteiger partial charge in [-0.05, 0) is 37.8 Å². The molecule has 92 valence electrons. The van der Waals surface area contributed by atoms with E-state index in [1.807, 2.05) is 0 Å². The van der Waals surface area contributed by atoms with Crippen molar-refractivity contribution in [3.8, 4) is 0 Å². The van der Waals surface area contributed by atoms with E-state index < -0.39 is 5.97 Å². The van der Waals surface area contributed by atoms with Crippen LogP contribution in [0.3, 0.4) is 0 Å². The largest absolute Gasteiger partial charge is 0.478 e. The second-order valence-corrected chi connectivity index (χ2v) is 4.89. The van der Waals surface area contributed by atoms with E-state index in [0.717, 1.165) is 12.4 Å². The van der Waals surface area contributed by atoms with E-state index in [4.69, 9.17) is 5.11 Å². The van der Waals surface area contributed by atoms with Gasteiger partial charge in [0.15, 0.2) is 0 Å². The number of hydrogen-bond acceptors (Lipinski definition) is 3. The Bertz CT molecular complexity index is 402. The summed E-state index contributed by atoms with van der Waals surface area (Å²) in [5.74, 6) is 0.630.